The minimum atomic E-state index is 0.432. The van der Waals surface area contributed by atoms with E-state index in [0.29, 0.717) is 12.1 Å². The molecular weight excluding hydrogens is 234 g/mol. The van der Waals surface area contributed by atoms with Gasteiger partial charge < -0.3 is 10.1 Å². The number of rotatable bonds is 6. The molecule has 2 atom stereocenters. The number of hydrogen-bond acceptors (Lipinski definition) is 2. The maximum Gasteiger partial charge on any atom is 0.0594 e. The smallest absolute Gasteiger partial charge is 0.0594 e. The average Bonchev–Trinajstić information content (AvgIpc) is 2.86. The second kappa shape index (κ2) is 7.06. The van der Waals surface area contributed by atoms with Crippen LogP contribution < -0.4 is 5.32 Å². The van der Waals surface area contributed by atoms with Crippen molar-refractivity contribution in [1.82, 2.24) is 5.32 Å². The van der Waals surface area contributed by atoms with Crippen LogP contribution in [0.15, 0.2) is 18.2 Å². The molecule has 0 spiro atoms. The molecule has 0 saturated carbocycles. The van der Waals surface area contributed by atoms with Gasteiger partial charge in [0, 0.05) is 12.6 Å². The van der Waals surface area contributed by atoms with Crippen LogP contribution >= 0.6 is 0 Å². The van der Waals surface area contributed by atoms with Crippen molar-refractivity contribution in [3.05, 3.63) is 34.9 Å². The highest BCUT2D eigenvalue weighted by atomic mass is 16.5. The molecule has 1 aliphatic heterocycles. The third kappa shape index (κ3) is 4.32. The van der Waals surface area contributed by atoms with Crippen molar-refractivity contribution < 1.29 is 4.74 Å². The molecule has 1 aliphatic rings. The molecular formula is C17H27NO. The molecule has 1 heterocycles. The molecule has 0 bridgehead atoms. The minimum Gasteiger partial charge on any atom is -0.378 e. The van der Waals surface area contributed by atoms with Gasteiger partial charge in [-0.1, -0.05) is 36.2 Å². The van der Waals surface area contributed by atoms with Gasteiger partial charge in [0.25, 0.3) is 0 Å². The van der Waals surface area contributed by atoms with Crippen LogP contribution in [-0.4, -0.2) is 19.3 Å². The van der Waals surface area contributed by atoms with Crippen LogP contribution in [0.25, 0.3) is 0 Å². The lowest BCUT2D eigenvalue weighted by atomic mass is 9.96. The van der Waals surface area contributed by atoms with Crippen molar-refractivity contribution in [2.24, 2.45) is 0 Å². The largest absolute Gasteiger partial charge is 0.378 e. The van der Waals surface area contributed by atoms with Crippen molar-refractivity contribution in [2.75, 3.05) is 13.2 Å². The summed E-state index contributed by atoms with van der Waals surface area (Å²) in [4.78, 5) is 0. The molecule has 1 saturated heterocycles. The van der Waals surface area contributed by atoms with Crippen LogP contribution in [0.1, 0.15) is 55.3 Å². The summed E-state index contributed by atoms with van der Waals surface area (Å²) in [7, 11) is 0. The Labute approximate surface area is 117 Å². The SMILES string of the molecule is CCCNC(CC1CCCO1)c1cc(C)cc(C)c1. The van der Waals surface area contributed by atoms with E-state index in [4.69, 9.17) is 4.74 Å². The van der Waals surface area contributed by atoms with Gasteiger partial charge in [-0.3, -0.25) is 0 Å². The van der Waals surface area contributed by atoms with E-state index >= 15 is 0 Å². The third-order valence-electron chi connectivity index (χ3n) is 3.81. The molecule has 0 radical (unpaired) electrons. The predicted octanol–water partition coefficient (Wildman–Crippen LogP) is 3.91. The maximum atomic E-state index is 5.81. The molecule has 0 amide bonds. The number of aryl methyl sites for hydroxylation is 2. The second-order valence-electron chi connectivity index (χ2n) is 5.80. The fourth-order valence-corrected chi connectivity index (χ4v) is 2.96. The number of hydrogen-bond donors (Lipinski definition) is 1. The zero-order valence-corrected chi connectivity index (χ0v) is 12.5. The molecule has 0 aliphatic carbocycles. The van der Waals surface area contributed by atoms with E-state index in [1.165, 1.54) is 36.0 Å². The number of nitrogens with one attached hydrogen (secondary N) is 1. The minimum absolute atomic E-state index is 0.432. The van der Waals surface area contributed by atoms with Crippen LogP contribution in [0.2, 0.25) is 0 Å². The van der Waals surface area contributed by atoms with Gasteiger partial charge in [0.05, 0.1) is 6.10 Å². The quantitative estimate of drug-likeness (QED) is 0.838. The highest BCUT2D eigenvalue weighted by Gasteiger charge is 2.21. The Morgan fingerprint density at radius 2 is 2.00 bits per heavy atom. The Morgan fingerprint density at radius 3 is 2.58 bits per heavy atom. The first kappa shape index (κ1) is 14.5. The Balaban J connectivity index is 2.10. The molecule has 1 aromatic carbocycles. The van der Waals surface area contributed by atoms with Gasteiger partial charge in [0.15, 0.2) is 0 Å². The van der Waals surface area contributed by atoms with Crippen molar-refractivity contribution >= 4 is 0 Å². The molecule has 1 N–H and O–H groups in total. The van der Waals surface area contributed by atoms with Gasteiger partial charge in [-0.15, -0.1) is 0 Å². The van der Waals surface area contributed by atoms with Gasteiger partial charge in [-0.2, -0.15) is 0 Å². The van der Waals surface area contributed by atoms with E-state index in [2.05, 4.69) is 44.3 Å². The first-order valence-corrected chi connectivity index (χ1v) is 7.62. The lowest BCUT2D eigenvalue weighted by Crippen LogP contribution is -2.26. The van der Waals surface area contributed by atoms with Crippen LogP contribution in [0, 0.1) is 13.8 Å². The number of ether oxygens (including phenoxy) is 1. The lowest BCUT2D eigenvalue weighted by molar-refractivity contribution is 0.0945. The Morgan fingerprint density at radius 1 is 1.26 bits per heavy atom. The molecule has 2 unspecified atom stereocenters. The Bertz CT molecular complexity index is 376. The van der Waals surface area contributed by atoms with Crippen molar-refractivity contribution in [3.63, 3.8) is 0 Å². The summed E-state index contributed by atoms with van der Waals surface area (Å²) in [5.41, 5.74) is 4.12. The fourth-order valence-electron chi connectivity index (χ4n) is 2.96. The molecule has 0 aromatic heterocycles. The zero-order chi connectivity index (χ0) is 13.7. The van der Waals surface area contributed by atoms with Crippen molar-refractivity contribution in [1.29, 1.82) is 0 Å². The molecule has 1 fully saturated rings. The highest BCUT2D eigenvalue weighted by Crippen LogP contribution is 2.26. The van der Waals surface area contributed by atoms with E-state index in [0.717, 1.165) is 19.6 Å². The summed E-state index contributed by atoms with van der Waals surface area (Å²) >= 11 is 0. The van der Waals surface area contributed by atoms with E-state index in [1.807, 2.05) is 0 Å². The summed E-state index contributed by atoms with van der Waals surface area (Å²) in [5.74, 6) is 0. The van der Waals surface area contributed by atoms with Gasteiger partial charge >= 0.3 is 0 Å². The Kier molecular flexibility index (Phi) is 5.41. The predicted molar refractivity (Wildman–Crippen MR) is 80.5 cm³/mol. The normalized spacial score (nSPS) is 20.7. The van der Waals surface area contributed by atoms with Crippen LogP contribution in [0.4, 0.5) is 0 Å². The summed E-state index contributed by atoms with van der Waals surface area (Å²) in [6.45, 7) is 8.60. The van der Waals surface area contributed by atoms with Crippen molar-refractivity contribution in [3.8, 4) is 0 Å². The lowest BCUT2D eigenvalue weighted by Gasteiger charge is -2.23. The summed E-state index contributed by atoms with van der Waals surface area (Å²) in [6, 6.07) is 7.30. The molecule has 106 valence electrons. The Hall–Kier alpha value is -0.860. The van der Waals surface area contributed by atoms with Gasteiger partial charge in [-0.25, -0.2) is 0 Å². The molecule has 2 nitrogen and oxygen atoms in total. The number of benzene rings is 1. The van der Waals surface area contributed by atoms with Crippen LogP contribution in [-0.2, 0) is 4.74 Å². The van der Waals surface area contributed by atoms with Crippen LogP contribution in [0.3, 0.4) is 0 Å². The topological polar surface area (TPSA) is 21.3 Å². The van der Waals surface area contributed by atoms with Gasteiger partial charge in [0.2, 0.25) is 0 Å². The average molecular weight is 261 g/mol. The van der Waals surface area contributed by atoms with E-state index in [1.54, 1.807) is 0 Å². The monoisotopic (exact) mass is 261 g/mol. The van der Waals surface area contributed by atoms with E-state index in [-0.39, 0.29) is 0 Å². The highest BCUT2D eigenvalue weighted by molar-refractivity contribution is 5.30. The molecule has 1 aromatic rings. The first-order valence-electron chi connectivity index (χ1n) is 7.62. The fraction of sp³-hybridized carbons (Fsp3) is 0.647. The third-order valence-corrected chi connectivity index (χ3v) is 3.81. The van der Waals surface area contributed by atoms with E-state index < -0.39 is 0 Å². The first-order chi connectivity index (χ1) is 9.19. The molecule has 2 heteroatoms. The van der Waals surface area contributed by atoms with Crippen molar-refractivity contribution in [2.45, 2.75) is 58.6 Å². The second-order valence-corrected chi connectivity index (χ2v) is 5.80. The zero-order valence-electron chi connectivity index (χ0n) is 12.5. The summed E-state index contributed by atoms with van der Waals surface area (Å²) in [6.07, 6.45) is 5.15. The molecule has 2 rings (SSSR count). The maximum absolute atomic E-state index is 5.81. The summed E-state index contributed by atoms with van der Waals surface area (Å²) < 4.78 is 5.81. The standard InChI is InChI=1S/C17H27NO/c1-4-7-18-17(12-16-6-5-8-19-16)15-10-13(2)9-14(3)11-15/h9-11,16-18H,4-8,12H2,1-3H3. The van der Waals surface area contributed by atoms with Gasteiger partial charge in [0.1, 0.15) is 0 Å². The van der Waals surface area contributed by atoms with Gasteiger partial charge in [-0.05, 0) is 51.6 Å². The van der Waals surface area contributed by atoms with Crippen LogP contribution in [0.5, 0.6) is 0 Å². The summed E-state index contributed by atoms with van der Waals surface area (Å²) in [5, 5.41) is 3.69. The van der Waals surface area contributed by atoms with E-state index in [9.17, 15) is 0 Å². The molecule has 19 heavy (non-hydrogen) atoms.